The molecular formula is C25H35N3O3. The molecule has 3 rings (SSSR count). The normalized spacial score (nSPS) is 19.3. The highest BCUT2D eigenvalue weighted by Crippen LogP contribution is 2.35. The molecule has 0 aromatic heterocycles. The number of amides is 1. The summed E-state index contributed by atoms with van der Waals surface area (Å²) in [6, 6.07) is 16.0. The number of ether oxygens (including phenoxy) is 2. The van der Waals surface area contributed by atoms with Gasteiger partial charge in [-0.1, -0.05) is 24.3 Å². The van der Waals surface area contributed by atoms with E-state index in [1.165, 1.54) is 5.56 Å². The molecule has 168 valence electrons. The van der Waals surface area contributed by atoms with Gasteiger partial charge in [0.05, 0.1) is 12.7 Å². The van der Waals surface area contributed by atoms with Gasteiger partial charge in [0.15, 0.2) is 0 Å². The highest BCUT2D eigenvalue weighted by atomic mass is 16.5. The molecule has 1 N–H and O–H groups in total. The van der Waals surface area contributed by atoms with Gasteiger partial charge >= 0.3 is 0 Å². The Hall–Kier alpha value is -2.57. The molecule has 31 heavy (non-hydrogen) atoms. The second kappa shape index (κ2) is 11.2. The molecule has 2 unspecified atom stereocenters. The fraction of sp³-hybridized carbons (Fsp3) is 0.480. The quantitative estimate of drug-likeness (QED) is 0.667. The molecular weight excluding hydrogens is 390 g/mol. The monoisotopic (exact) mass is 425 g/mol. The summed E-state index contributed by atoms with van der Waals surface area (Å²) in [5.74, 6) is 1.76. The molecule has 1 saturated heterocycles. The van der Waals surface area contributed by atoms with Crippen molar-refractivity contribution in [3.8, 4) is 11.5 Å². The average Bonchev–Trinajstić information content (AvgIpc) is 2.78. The first-order valence-electron chi connectivity index (χ1n) is 11.0. The zero-order valence-electron chi connectivity index (χ0n) is 19.1. The molecule has 0 bridgehead atoms. The van der Waals surface area contributed by atoms with Gasteiger partial charge in [0.25, 0.3) is 5.91 Å². The number of rotatable bonds is 9. The Labute approximate surface area is 186 Å². The number of hydrogen-bond donors (Lipinski definition) is 1. The van der Waals surface area contributed by atoms with Crippen LogP contribution in [0.25, 0.3) is 0 Å². The molecule has 1 heterocycles. The predicted molar refractivity (Wildman–Crippen MR) is 124 cm³/mol. The molecule has 6 nitrogen and oxygen atoms in total. The number of likely N-dealkylation sites (N-methyl/N-ethyl adjacent to an activating group) is 1. The first-order valence-corrected chi connectivity index (χ1v) is 11.0. The van der Waals surface area contributed by atoms with Crippen molar-refractivity contribution in [2.75, 3.05) is 54.5 Å². The summed E-state index contributed by atoms with van der Waals surface area (Å²) in [7, 11) is 7.85. The minimum absolute atomic E-state index is 0.0813. The van der Waals surface area contributed by atoms with E-state index in [2.05, 4.69) is 34.3 Å². The third-order valence-corrected chi connectivity index (χ3v) is 5.92. The van der Waals surface area contributed by atoms with Crippen molar-refractivity contribution in [1.29, 1.82) is 0 Å². The Morgan fingerprint density at radius 3 is 2.61 bits per heavy atom. The lowest BCUT2D eigenvalue weighted by Gasteiger charge is -2.39. The van der Waals surface area contributed by atoms with Crippen LogP contribution in [0.2, 0.25) is 0 Å². The number of likely N-dealkylation sites (tertiary alicyclic amines) is 1. The standard InChI is InChI=1S/C25H35N3O3/c1-27(2)16-17-31-23-10-6-5-9-22(23)25(29)26-18-20-8-7-15-28(3)24(20)19-11-13-21(30-4)14-12-19/h5-6,9-14,20,24H,7-8,15-18H2,1-4H3,(H,26,29). The van der Waals surface area contributed by atoms with Crippen LogP contribution < -0.4 is 14.8 Å². The minimum atomic E-state index is -0.0813. The topological polar surface area (TPSA) is 54.0 Å². The molecule has 1 aliphatic heterocycles. The largest absolute Gasteiger partial charge is 0.497 e. The lowest BCUT2D eigenvalue weighted by atomic mass is 9.85. The van der Waals surface area contributed by atoms with Crippen LogP contribution in [0.3, 0.4) is 0 Å². The van der Waals surface area contributed by atoms with Gasteiger partial charge < -0.3 is 19.7 Å². The van der Waals surface area contributed by atoms with E-state index in [0.29, 0.717) is 30.4 Å². The number of nitrogens with one attached hydrogen (secondary N) is 1. The molecule has 1 fully saturated rings. The van der Waals surface area contributed by atoms with E-state index in [1.807, 2.05) is 50.5 Å². The minimum Gasteiger partial charge on any atom is -0.497 e. The summed E-state index contributed by atoms with van der Waals surface area (Å²) in [5, 5.41) is 3.17. The second-order valence-corrected chi connectivity index (χ2v) is 8.46. The van der Waals surface area contributed by atoms with Crippen molar-refractivity contribution in [1.82, 2.24) is 15.1 Å². The van der Waals surface area contributed by atoms with Crippen molar-refractivity contribution in [3.63, 3.8) is 0 Å². The number of hydrogen-bond acceptors (Lipinski definition) is 5. The van der Waals surface area contributed by atoms with Gasteiger partial charge in [0.2, 0.25) is 0 Å². The Kier molecular flexibility index (Phi) is 8.32. The fourth-order valence-corrected chi connectivity index (χ4v) is 4.24. The lowest BCUT2D eigenvalue weighted by Crippen LogP contribution is -2.41. The van der Waals surface area contributed by atoms with Crippen LogP contribution in [-0.2, 0) is 0 Å². The molecule has 6 heteroatoms. The summed E-state index contributed by atoms with van der Waals surface area (Å²) in [6.45, 7) is 3.04. The Morgan fingerprint density at radius 2 is 1.90 bits per heavy atom. The number of carbonyl (C=O) groups excluding carboxylic acids is 1. The number of para-hydroxylation sites is 1. The van der Waals surface area contributed by atoms with Crippen LogP contribution >= 0.6 is 0 Å². The molecule has 0 radical (unpaired) electrons. The van der Waals surface area contributed by atoms with Crippen LogP contribution in [0.5, 0.6) is 11.5 Å². The van der Waals surface area contributed by atoms with Crippen LogP contribution in [0.1, 0.15) is 34.8 Å². The van der Waals surface area contributed by atoms with E-state index in [-0.39, 0.29) is 11.9 Å². The number of methoxy groups -OCH3 is 1. The van der Waals surface area contributed by atoms with E-state index in [9.17, 15) is 4.79 Å². The van der Waals surface area contributed by atoms with Gasteiger partial charge in [-0.05, 0) is 76.3 Å². The zero-order valence-corrected chi connectivity index (χ0v) is 19.1. The van der Waals surface area contributed by atoms with Crippen molar-refractivity contribution in [2.24, 2.45) is 5.92 Å². The van der Waals surface area contributed by atoms with E-state index in [1.54, 1.807) is 7.11 Å². The summed E-state index contributed by atoms with van der Waals surface area (Å²) < 4.78 is 11.2. The summed E-state index contributed by atoms with van der Waals surface area (Å²) >= 11 is 0. The van der Waals surface area contributed by atoms with Gasteiger partial charge in [0, 0.05) is 19.1 Å². The molecule has 2 aromatic rings. The van der Waals surface area contributed by atoms with Crippen molar-refractivity contribution in [2.45, 2.75) is 18.9 Å². The number of carbonyl (C=O) groups is 1. The smallest absolute Gasteiger partial charge is 0.255 e. The maximum Gasteiger partial charge on any atom is 0.255 e. The summed E-state index contributed by atoms with van der Waals surface area (Å²) in [4.78, 5) is 17.4. The fourth-order valence-electron chi connectivity index (χ4n) is 4.24. The average molecular weight is 426 g/mol. The lowest BCUT2D eigenvalue weighted by molar-refractivity contribution is 0.0887. The van der Waals surface area contributed by atoms with Gasteiger partial charge in [-0.15, -0.1) is 0 Å². The van der Waals surface area contributed by atoms with Crippen LogP contribution in [0.4, 0.5) is 0 Å². The molecule has 0 saturated carbocycles. The highest BCUT2D eigenvalue weighted by molar-refractivity contribution is 5.96. The summed E-state index contributed by atoms with van der Waals surface area (Å²) in [6.07, 6.45) is 2.22. The summed E-state index contributed by atoms with van der Waals surface area (Å²) in [5.41, 5.74) is 1.85. The molecule has 0 aliphatic carbocycles. The molecule has 2 atom stereocenters. The SMILES string of the molecule is COc1ccc(C2C(CNC(=O)c3ccccc3OCCN(C)C)CCCN2C)cc1. The number of benzene rings is 2. The van der Waals surface area contributed by atoms with Crippen LogP contribution in [0.15, 0.2) is 48.5 Å². The Balaban J connectivity index is 1.66. The van der Waals surface area contributed by atoms with E-state index >= 15 is 0 Å². The van der Waals surface area contributed by atoms with Crippen LogP contribution in [-0.4, -0.2) is 70.2 Å². The Morgan fingerprint density at radius 1 is 1.16 bits per heavy atom. The van der Waals surface area contributed by atoms with Gasteiger partial charge in [-0.25, -0.2) is 0 Å². The third-order valence-electron chi connectivity index (χ3n) is 5.92. The van der Waals surface area contributed by atoms with Crippen molar-refractivity contribution < 1.29 is 14.3 Å². The van der Waals surface area contributed by atoms with Crippen molar-refractivity contribution >= 4 is 5.91 Å². The predicted octanol–water partition coefficient (Wildman–Crippen LogP) is 3.45. The molecule has 2 aromatic carbocycles. The van der Waals surface area contributed by atoms with Gasteiger partial charge in [0.1, 0.15) is 18.1 Å². The number of nitrogens with zero attached hydrogens (tertiary/aromatic N) is 2. The van der Waals surface area contributed by atoms with Crippen LogP contribution in [0, 0.1) is 5.92 Å². The van der Waals surface area contributed by atoms with Gasteiger partial charge in [-0.3, -0.25) is 9.69 Å². The highest BCUT2D eigenvalue weighted by Gasteiger charge is 2.31. The van der Waals surface area contributed by atoms with E-state index < -0.39 is 0 Å². The second-order valence-electron chi connectivity index (χ2n) is 8.46. The Bertz CT molecular complexity index is 838. The maximum atomic E-state index is 13.0. The van der Waals surface area contributed by atoms with Crippen molar-refractivity contribution in [3.05, 3.63) is 59.7 Å². The zero-order chi connectivity index (χ0) is 22.2. The molecule has 1 aliphatic rings. The number of piperidine rings is 1. The van der Waals surface area contributed by atoms with E-state index in [0.717, 1.165) is 31.7 Å². The third kappa shape index (κ3) is 6.21. The van der Waals surface area contributed by atoms with Gasteiger partial charge in [-0.2, -0.15) is 0 Å². The first kappa shape index (κ1) is 23.1. The maximum absolute atomic E-state index is 13.0. The first-order chi connectivity index (χ1) is 15.0. The van der Waals surface area contributed by atoms with E-state index in [4.69, 9.17) is 9.47 Å². The molecule has 0 spiro atoms. The molecule has 1 amide bonds.